The molecule has 0 bridgehead atoms. The van der Waals surface area contributed by atoms with E-state index in [4.69, 9.17) is 21.1 Å². The maximum atomic E-state index is 11.1. The summed E-state index contributed by atoms with van der Waals surface area (Å²) in [6.45, 7) is 4.88. The van der Waals surface area contributed by atoms with E-state index in [-0.39, 0.29) is 5.97 Å². The van der Waals surface area contributed by atoms with Crippen molar-refractivity contribution in [1.82, 2.24) is 0 Å². The summed E-state index contributed by atoms with van der Waals surface area (Å²) in [5, 5.41) is 0.645. The summed E-state index contributed by atoms with van der Waals surface area (Å²) in [5.41, 5.74) is 1.12. The van der Waals surface area contributed by atoms with Crippen molar-refractivity contribution in [2.75, 3.05) is 13.2 Å². The number of carbonyl (C=O) groups is 1. The smallest absolute Gasteiger partial charge is 0.305 e. The minimum absolute atomic E-state index is 0.120. The van der Waals surface area contributed by atoms with Gasteiger partial charge in [-0.2, -0.15) is 0 Å². The van der Waals surface area contributed by atoms with Gasteiger partial charge in [-0.1, -0.05) is 17.7 Å². The molecule has 0 aliphatic carbocycles. The van der Waals surface area contributed by atoms with Gasteiger partial charge in [-0.05, 0) is 50.8 Å². The molecule has 106 valence electrons. The van der Waals surface area contributed by atoms with E-state index in [9.17, 15) is 4.79 Å². The number of esters is 1. The van der Waals surface area contributed by atoms with Gasteiger partial charge in [0, 0.05) is 6.42 Å². The van der Waals surface area contributed by atoms with Crippen LogP contribution >= 0.6 is 11.6 Å². The second-order valence-electron chi connectivity index (χ2n) is 4.40. The molecule has 0 atom stereocenters. The first-order valence-electron chi connectivity index (χ1n) is 6.68. The minimum atomic E-state index is -0.120. The molecule has 0 unspecified atom stereocenters. The molecule has 3 nitrogen and oxygen atoms in total. The molecular formula is C15H21ClO3. The molecule has 0 heterocycles. The van der Waals surface area contributed by atoms with E-state index in [1.165, 1.54) is 0 Å². The third kappa shape index (κ3) is 6.48. The second kappa shape index (κ2) is 8.81. The maximum Gasteiger partial charge on any atom is 0.305 e. The number of benzene rings is 1. The van der Waals surface area contributed by atoms with E-state index >= 15 is 0 Å². The van der Waals surface area contributed by atoms with E-state index in [0.717, 1.165) is 30.6 Å². The van der Waals surface area contributed by atoms with Gasteiger partial charge in [-0.15, -0.1) is 0 Å². The third-order valence-corrected chi connectivity index (χ3v) is 2.97. The Kier molecular flexibility index (Phi) is 7.34. The molecule has 19 heavy (non-hydrogen) atoms. The van der Waals surface area contributed by atoms with Crippen molar-refractivity contribution in [3.63, 3.8) is 0 Å². The monoisotopic (exact) mass is 284 g/mol. The molecule has 0 aliphatic heterocycles. The van der Waals surface area contributed by atoms with Crippen molar-refractivity contribution >= 4 is 17.6 Å². The molecule has 0 aromatic heterocycles. The van der Waals surface area contributed by atoms with Crippen molar-refractivity contribution in [1.29, 1.82) is 0 Å². The van der Waals surface area contributed by atoms with Gasteiger partial charge in [0.2, 0.25) is 0 Å². The number of unbranched alkanes of at least 4 members (excludes halogenated alkanes) is 2. The number of hydrogen-bond acceptors (Lipinski definition) is 3. The largest absolute Gasteiger partial charge is 0.492 e. The molecule has 0 saturated carbocycles. The highest BCUT2D eigenvalue weighted by Gasteiger charge is 2.03. The van der Waals surface area contributed by atoms with Crippen molar-refractivity contribution in [2.24, 2.45) is 0 Å². The first-order valence-corrected chi connectivity index (χ1v) is 7.06. The lowest BCUT2D eigenvalue weighted by Crippen LogP contribution is -2.04. The molecule has 0 aliphatic rings. The lowest BCUT2D eigenvalue weighted by molar-refractivity contribution is -0.143. The molecule has 0 N–H and O–H groups in total. The predicted molar refractivity (Wildman–Crippen MR) is 76.8 cm³/mol. The van der Waals surface area contributed by atoms with Gasteiger partial charge < -0.3 is 9.47 Å². The number of ether oxygens (including phenoxy) is 2. The van der Waals surface area contributed by atoms with Crippen molar-refractivity contribution in [3.05, 3.63) is 28.8 Å². The van der Waals surface area contributed by atoms with Crippen LogP contribution in [0.25, 0.3) is 0 Å². The van der Waals surface area contributed by atoms with Crippen LogP contribution in [0.15, 0.2) is 18.2 Å². The minimum Gasteiger partial charge on any atom is -0.492 e. The molecule has 4 heteroatoms. The summed E-state index contributed by atoms with van der Waals surface area (Å²) < 4.78 is 10.5. The molecule has 0 radical (unpaired) electrons. The van der Waals surface area contributed by atoms with Gasteiger partial charge in [-0.3, -0.25) is 4.79 Å². The quantitative estimate of drug-likeness (QED) is 0.531. The number of halogens is 1. The van der Waals surface area contributed by atoms with Gasteiger partial charge in [0.05, 0.1) is 18.2 Å². The Hall–Kier alpha value is -1.22. The van der Waals surface area contributed by atoms with E-state index in [0.29, 0.717) is 24.7 Å². The van der Waals surface area contributed by atoms with E-state index in [2.05, 4.69) is 0 Å². The Morgan fingerprint density at radius 2 is 2.05 bits per heavy atom. The molecule has 0 saturated heterocycles. The molecule has 1 aromatic rings. The van der Waals surface area contributed by atoms with Crippen molar-refractivity contribution in [2.45, 2.75) is 39.5 Å². The molecule has 0 fully saturated rings. The zero-order valence-electron chi connectivity index (χ0n) is 11.6. The highest BCUT2D eigenvalue weighted by molar-refractivity contribution is 6.32. The first kappa shape index (κ1) is 15.8. The van der Waals surface area contributed by atoms with Crippen LogP contribution in [-0.4, -0.2) is 19.2 Å². The number of rotatable bonds is 8. The summed E-state index contributed by atoms with van der Waals surface area (Å²) in [5.74, 6) is 0.600. The lowest BCUT2D eigenvalue weighted by Gasteiger charge is -2.08. The fourth-order valence-corrected chi connectivity index (χ4v) is 1.98. The number of carbonyl (C=O) groups excluding carboxylic acids is 1. The summed E-state index contributed by atoms with van der Waals surface area (Å²) in [7, 11) is 0. The van der Waals surface area contributed by atoms with Crippen LogP contribution in [0.1, 0.15) is 38.2 Å². The predicted octanol–water partition coefficient (Wildman–Crippen LogP) is 4.15. The van der Waals surface area contributed by atoms with Gasteiger partial charge >= 0.3 is 5.97 Å². The second-order valence-corrected chi connectivity index (χ2v) is 4.81. The van der Waals surface area contributed by atoms with Crippen LogP contribution < -0.4 is 4.74 Å². The Labute approximate surface area is 119 Å². The molecular weight excluding hydrogens is 264 g/mol. The average molecular weight is 285 g/mol. The van der Waals surface area contributed by atoms with Gasteiger partial charge in [0.25, 0.3) is 0 Å². The Bertz CT molecular complexity index is 404. The van der Waals surface area contributed by atoms with Crippen LogP contribution in [0.3, 0.4) is 0 Å². The van der Waals surface area contributed by atoms with Crippen LogP contribution in [0.5, 0.6) is 5.75 Å². The standard InChI is InChI=1S/C15H21ClO3/c1-3-18-15(17)7-5-4-6-10-19-14-9-8-12(2)11-13(14)16/h8-9,11H,3-7,10H2,1-2H3. The fourth-order valence-electron chi connectivity index (χ4n) is 1.69. The molecule has 0 spiro atoms. The van der Waals surface area contributed by atoms with Crippen molar-refractivity contribution in [3.8, 4) is 5.75 Å². The average Bonchev–Trinajstić information content (AvgIpc) is 2.36. The number of hydrogen-bond donors (Lipinski definition) is 0. The topological polar surface area (TPSA) is 35.5 Å². The zero-order valence-corrected chi connectivity index (χ0v) is 12.3. The third-order valence-electron chi connectivity index (χ3n) is 2.68. The van der Waals surface area contributed by atoms with Crippen molar-refractivity contribution < 1.29 is 14.3 Å². The van der Waals surface area contributed by atoms with E-state index < -0.39 is 0 Å². The summed E-state index contributed by atoms with van der Waals surface area (Å²) in [6.07, 6.45) is 3.18. The Morgan fingerprint density at radius 3 is 2.74 bits per heavy atom. The Balaban J connectivity index is 2.12. The van der Waals surface area contributed by atoms with Crippen LogP contribution in [0, 0.1) is 6.92 Å². The zero-order chi connectivity index (χ0) is 14.1. The first-order chi connectivity index (χ1) is 9.13. The SMILES string of the molecule is CCOC(=O)CCCCCOc1ccc(C)cc1Cl. The fraction of sp³-hybridized carbons (Fsp3) is 0.533. The Morgan fingerprint density at radius 1 is 1.26 bits per heavy atom. The van der Waals surface area contributed by atoms with Gasteiger partial charge in [-0.25, -0.2) is 0 Å². The number of aryl methyl sites for hydroxylation is 1. The summed E-state index contributed by atoms with van der Waals surface area (Å²) in [4.78, 5) is 11.1. The summed E-state index contributed by atoms with van der Waals surface area (Å²) in [6, 6.07) is 5.75. The molecule has 1 aromatic carbocycles. The molecule has 0 amide bonds. The normalized spacial score (nSPS) is 10.3. The van der Waals surface area contributed by atoms with Crippen LogP contribution in [0.4, 0.5) is 0 Å². The van der Waals surface area contributed by atoms with Crippen LogP contribution in [-0.2, 0) is 9.53 Å². The maximum absolute atomic E-state index is 11.1. The lowest BCUT2D eigenvalue weighted by atomic mass is 10.2. The highest BCUT2D eigenvalue weighted by atomic mass is 35.5. The highest BCUT2D eigenvalue weighted by Crippen LogP contribution is 2.25. The van der Waals surface area contributed by atoms with E-state index in [1.807, 2.05) is 32.0 Å². The van der Waals surface area contributed by atoms with Gasteiger partial charge in [0.1, 0.15) is 5.75 Å². The van der Waals surface area contributed by atoms with E-state index in [1.54, 1.807) is 0 Å². The molecule has 1 rings (SSSR count). The summed E-state index contributed by atoms with van der Waals surface area (Å²) >= 11 is 6.06. The van der Waals surface area contributed by atoms with Gasteiger partial charge in [0.15, 0.2) is 0 Å². The van der Waals surface area contributed by atoms with Crippen LogP contribution in [0.2, 0.25) is 5.02 Å².